The van der Waals surface area contributed by atoms with Crippen molar-refractivity contribution >= 4 is 11.8 Å². The molecule has 2 N–H and O–H groups in total. The molecule has 0 aromatic carbocycles. The highest BCUT2D eigenvalue weighted by Crippen LogP contribution is 2.32. The fourth-order valence-electron chi connectivity index (χ4n) is 4.91. The molecule has 0 spiro atoms. The van der Waals surface area contributed by atoms with Crippen LogP contribution in [0.5, 0.6) is 0 Å². The first-order chi connectivity index (χ1) is 15.5. The molecule has 7 nitrogen and oxygen atoms in total. The first kappa shape index (κ1) is 25.3. The number of rotatable bonds is 7. The number of halogens is 2. The molecule has 1 fully saturated rings. The lowest BCUT2D eigenvalue weighted by Crippen LogP contribution is -2.46. The fourth-order valence-corrected chi connectivity index (χ4v) is 4.91. The molecule has 0 bridgehead atoms. The quantitative estimate of drug-likeness (QED) is 0.647. The zero-order chi connectivity index (χ0) is 24.3. The summed E-state index contributed by atoms with van der Waals surface area (Å²) in [5, 5.41) is 3.01. The Labute approximate surface area is 193 Å². The number of aromatic nitrogens is 1. The van der Waals surface area contributed by atoms with E-state index in [0.29, 0.717) is 55.8 Å². The number of nitrogens with zero attached hydrogens (tertiary/aromatic N) is 2. The third-order valence-corrected chi connectivity index (χ3v) is 6.78. The molecular formula is C24H36F2N4O3. The molecule has 0 saturated carbocycles. The number of carbonyl (C=O) groups excluding carboxylic acids is 2. The molecule has 2 heterocycles. The lowest BCUT2D eigenvalue weighted by atomic mass is 9.91. The van der Waals surface area contributed by atoms with Gasteiger partial charge >= 0.3 is 0 Å². The van der Waals surface area contributed by atoms with Gasteiger partial charge in [0.15, 0.2) is 0 Å². The molecule has 0 radical (unpaired) electrons. The van der Waals surface area contributed by atoms with Crippen LogP contribution in [0.1, 0.15) is 68.6 Å². The maximum atomic E-state index is 13.8. The number of hydrogen-bond donors (Lipinski definition) is 2. The number of piperidine rings is 1. The molecule has 1 aromatic rings. The minimum Gasteiger partial charge on any atom is -0.355 e. The maximum absolute atomic E-state index is 13.8. The first-order valence-corrected chi connectivity index (χ1v) is 11.9. The van der Waals surface area contributed by atoms with E-state index >= 15 is 0 Å². The number of aromatic amines is 1. The van der Waals surface area contributed by atoms with Crippen molar-refractivity contribution in [1.29, 1.82) is 0 Å². The van der Waals surface area contributed by atoms with Crippen molar-refractivity contribution in [3.8, 4) is 0 Å². The molecule has 1 aliphatic carbocycles. The Hall–Kier alpha value is -2.29. The standard InChI is InChI=1S/C24H36F2N4O3/c1-15(2)30(16(3)4)12-9-27-21(31)17-6-10-29(11-7-17)23(33)19-13-18-14-24(25,26)8-5-20(18)28-22(19)32/h13,15-17H,5-12,14H2,1-4H3,(H,27,31)(H,28,32). The van der Waals surface area contributed by atoms with Gasteiger partial charge in [-0.15, -0.1) is 0 Å². The van der Waals surface area contributed by atoms with Crippen LogP contribution >= 0.6 is 0 Å². The Bertz CT molecular complexity index is 913. The summed E-state index contributed by atoms with van der Waals surface area (Å²) in [6.07, 6.45) is 0.351. The summed E-state index contributed by atoms with van der Waals surface area (Å²) >= 11 is 0. The zero-order valence-corrected chi connectivity index (χ0v) is 20.0. The van der Waals surface area contributed by atoms with E-state index in [1.54, 1.807) is 4.90 Å². The molecule has 9 heteroatoms. The predicted octanol–water partition coefficient (Wildman–Crippen LogP) is 2.59. The van der Waals surface area contributed by atoms with Crippen LogP contribution in [-0.4, -0.2) is 70.8 Å². The zero-order valence-electron chi connectivity index (χ0n) is 20.0. The average molecular weight is 467 g/mol. The number of alkyl halides is 2. The third kappa shape index (κ3) is 6.19. The van der Waals surface area contributed by atoms with Crippen molar-refractivity contribution in [3.63, 3.8) is 0 Å². The Morgan fingerprint density at radius 2 is 1.85 bits per heavy atom. The molecule has 1 aromatic heterocycles. The van der Waals surface area contributed by atoms with Gasteiger partial charge < -0.3 is 15.2 Å². The van der Waals surface area contributed by atoms with Crippen molar-refractivity contribution in [2.45, 2.75) is 77.8 Å². The lowest BCUT2D eigenvalue weighted by molar-refractivity contribution is -0.126. The lowest BCUT2D eigenvalue weighted by Gasteiger charge is -2.33. The summed E-state index contributed by atoms with van der Waals surface area (Å²) in [5.41, 5.74) is 0.187. The topological polar surface area (TPSA) is 85.5 Å². The molecule has 33 heavy (non-hydrogen) atoms. The normalized spacial score (nSPS) is 18.6. The number of likely N-dealkylation sites (tertiary alicyclic amines) is 1. The summed E-state index contributed by atoms with van der Waals surface area (Å²) in [6, 6.07) is 2.13. The second-order valence-corrected chi connectivity index (χ2v) is 9.83. The molecule has 2 amide bonds. The summed E-state index contributed by atoms with van der Waals surface area (Å²) < 4.78 is 27.5. The van der Waals surface area contributed by atoms with Crippen molar-refractivity contribution in [2.24, 2.45) is 5.92 Å². The largest absolute Gasteiger partial charge is 0.355 e. The van der Waals surface area contributed by atoms with Gasteiger partial charge in [-0.1, -0.05) is 0 Å². The van der Waals surface area contributed by atoms with Crippen LogP contribution in [0.25, 0.3) is 0 Å². The SMILES string of the molecule is CC(C)N(CCNC(=O)C1CCN(C(=O)c2cc3c([nH]c2=O)CCC(F)(F)C3)CC1)C(C)C. The number of amides is 2. The van der Waals surface area contributed by atoms with Gasteiger partial charge in [0.05, 0.1) is 0 Å². The molecule has 184 valence electrons. The number of H-pyrrole nitrogens is 1. The minimum atomic E-state index is -2.82. The summed E-state index contributed by atoms with van der Waals surface area (Å²) in [6.45, 7) is 10.6. The highest BCUT2D eigenvalue weighted by atomic mass is 19.3. The molecular weight excluding hydrogens is 430 g/mol. The minimum absolute atomic E-state index is 0.0107. The van der Waals surface area contributed by atoms with E-state index in [-0.39, 0.29) is 30.2 Å². The average Bonchev–Trinajstić information content (AvgIpc) is 2.75. The number of aryl methyl sites for hydroxylation is 1. The summed E-state index contributed by atoms with van der Waals surface area (Å²) in [4.78, 5) is 44.4. The van der Waals surface area contributed by atoms with Crippen LogP contribution in [0.2, 0.25) is 0 Å². The van der Waals surface area contributed by atoms with Gasteiger partial charge in [-0.3, -0.25) is 19.3 Å². The van der Waals surface area contributed by atoms with Crippen molar-refractivity contribution in [1.82, 2.24) is 20.1 Å². The molecule has 3 rings (SSSR count). The van der Waals surface area contributed by atoms with Gasteiger partial charge in [-0.05, 0) is 58.6 Å². The van der Waals surface area contributed by atoms with Crippen molar-refractivity contribution in [3.05, 3.63) is 33.2 Å². The van der Waals surface area contributed by atoms with E-state index in [9.17, 15) is 23.2 Å². The van der Waals surface area contributed by atoms with Crippen LogP contribution in [0.3, 0.4) is 0 Å². The Balaban J connectivity index is 1.54. The Morgan fingerprint density at radius 3 is 2.45 bits per heavy atom. The summed E-state index contributed by atoms with van der Waals surface area (Å²) in [5.74, 6) is -3.47. The molecule has 0 unspecified atom stereocenters. The van der Waals surface area contributed by atoms with E-state index < -0.39 is 23.8 Å². The van der Waals surface area contributed by atoms with Gasteiger partial charge in [0.1, 0.15) is 5.56 Å². The summed E-state index contributed by atoms with van der Waals surface area (Å²) in [7, 11) is 0. The molecule has 1 aliphatic heterocycles. The second-order valence-electron chi connectivity index (χ2n) is 9.83. The smallest absolute Gasteiger partial charge is 0.261 e. The maximum Gasteiger partial charge on any atom is 0.261 e. The van der Waals surface area contributed by atoms with Crippen LogP contribution < -0.4 is 10.9 Å². The van der Waals surface area contributed by atoms with E-state index in [1.807, 2.05) is 0 Å². The highest BCUT2D eigenvalue weighted by molar-refractivity contribution is 5.94. The first-order valence-electron chi connectivity index (χ1n) is 11.9. The Morgan fingerprint density at radius 1 is 1.21 bits per heavy atom. The van der Waals surface area contributed by atoms with E-state index in [2.05, 4.69) is 42.9 Å². The van der Waals surface area contributed by atoms with Crippen LogP contribution in [0, 0.1) is 5.92 Å². The van der Waals surface area contributed by atoms with Crippen molar-refractivity contribution < 1.29 is 18.4 Å². The number of carbonyl (C=O) groups is 2. The van der Waals surface area contributed by atoms with E-state index in [0.717, 1.165) is 6.54 Å². The highest BCUT2D eigenvalue weighted by Gasteiger charge is 2.36. The second kappa shape index (κ2) is 10.3. The third-order valence-electron chi connectivity index (χ3n) is 6.78. The fraction of sp³-hybridized carbons (Fsp3) is 0.708. The Kier molecular flexibility index (Phi) is 7.92. The number of fused-ring (bicyclic) bond motifs is 1. The van der Waals surface area contributed by atoms with Gasteiger partial charge in [0.25, 0.3) is 17.4 Å². The van der Waals surface area contributed by atoms with Crippen LogP contribution in [-0.2, 0) is 17.6 Å². The van der Waals surface area contributed by atoms with Crippen LogP contribution in [0.15, 0.2) is 10.9 Å². The van der Waals surface area contributed by atoms with Gasteiger partial charge in [0, 0.05) is 62.7 Å². The van der Waals surface area contributed by atoms with Gasteiger partial charge in [0.2, 0.25) is 5.91 Å². The van der Waals surface area contributed by atoms with Gasteiger partial charge in [-0.25, -0.2) is 8.78 Å². The monoisotopic (exact) mass is 466 g/mol. The molecule has 2 aliphatic rings. The number of hydrogen-bond acceptors (Lipinski definition) is 4. The predicted molar refractivity (Wildman–Crippen MR) is 123 cm³/mol. The number of pyridine rings is 1. The van der Waals surface area contributed by atoms with E-state index in [4.69, 9.17) is 0 Å². The van der Waals surface area contributed by atoms with E-state index in [1.165, 1.54) is 6.07 Å². The molecule has 0 atom stereocenters. The molecule has 1 saturated heterocycles. The van der Waals surface area contributed by atoms with Crippen molar-refractivity contribution in [2.75, 3.05) is 26.2 Å². The van der Waals surface area contributed by atoms with Gasteiger partial charge in [-0.2, -0.15) is 0 Å². The number of nitrogens with one attached hydrogen (secondary N) is 2. The van der Waals surface area contributed by atoms with Crippen LogP contribution in [0.4, 0.5) is 8.78 Å².